The molecule has 0 radical (unpaired) electrons. The average molecular weight is 229 g/mol. The van der Waals surface area contributed by atoms with Crippen molar-refractivity contribution in [1.82, 2.24) is 0 Å². The number of rotatable bonds is 2. The van der Waals surface area contributed by atoms with Crippen molar-refractivity contribution in [3.63, 3.8) is 0 Å². The van der Waals surface area contributed by atoms with Gasteiger partial charge in [0.15, 0.2) is 0 Å². The maximum atomic E-state index is 5.14. The number of halogens is 1. The van der Waals surface area contributed by atoms with Crippen molar-refractivity contribution in [1.29, 1.82) is 0 Å². The van der Waals surface area contributed by atoms with E-state index in [1.54, 1.807) is 14.2 Å². The third kappa shape index (κ3) is 1.75. The van der Waals surface area contributed by atoms with Crippen molar-refractivity contribution in [2.45, 2.75) is 0 Å². The summed E-state index contributed by atoms with van der Waals surface area (Å²) >= 11 is 3.39. The van der Waals surface area contributed by atoms with Crippen LogP contribution < -0.4 is 14.9 Å². The van der Waals surface area contributed by atoms with Crippen LogP contribution in [0.2, 0.25) is 0 Å². The van der Waals surface area contributed by atoms with Crippen LogP contribution in [-0.2, 0) is 0 Å². The molecule has 0 heterocycles. The number of ether oxygens (including phenoxy) is 2. The largest absolute Gasteiger partial charge is 0.497 e. The van der Waals surface area contributed by atoms with Crippen molar-refractivity contribution < 1.29 is 9.47 Å². The van der Waals surface area contributed by atoms with Gasteiger partial charge in [0.2, 0.25) is 0 Å². The topological polar surface area (TPSA) is 18.5 Å². The molecule has 0 aliphatic rings. The first kappa shape index (κ1) is 9.45. The van der Waals surface area contributed by atoms with Gasteiger partial charge in [-0.05, 0) is 27.5 Å². The van der Waals surface area contributed by atoms with Gasteiger partial charge in [-0.15, -0.1) is 0 Å². The van der Waals surface area contributed by atoms with Gasteiger partial charge in [-0.25, -0.2) is 0 Å². The molecule has 0 N–H and O–H groups in total. The first-order valence-electron chi connectivity index (χ1n) is 3.57. The molecule has 0 spiro atoms. The molecular formula is C8H10BBrO2. The lowest BCUT2D eigenvalue weighted by atomic mass is 9.95. The number of hydrogen-bond donors (Lipinski definition) is 0. The van der Waals surface area contributed by atoms with Gasteiger partial charge in [0.05, 0.1) is 18.7 Å². The quantitative estimate of drug-likeness (QED) is 0.695. The van der Waals surface area contributed by atoms with E-state index in [-0.39, 0.29) is 0 Å². The standard InChI is InChI=1S/C8H10BBrO2/c1-11-7-4-8(12-2)6(10)3-5(7)9/h3-4H,9H2,1-2H3. The summed E-state index contributed by atoms with van der Waals surface area (Å²) in [4.78, 5) is 0. The molecule has 0 aliphatic heterocycles. The maximum absolute atomic E-state index is 5.14. The fourth-order valence-corrected chi connectivity index (χ4v) is 1.63. The Morgan fingerprint density at radius 2 is 1.75 bits per heavy atom. The molecule has 0 bridgehead atoms. The number of methoxy groups -OCH3 is 2. The summed E-state index contributed by atoms with van der Waals surface area (Å²) in [5, 5.41) is 0. The lowest BCUT2D eigenvalue weighted by molar-refractivity contribution is 0.394. The predicted molar refractivity (Wildman–Crippen MR) is 55.4 cm³/mol. The van der Waals surface area contributed by atoms with Crippen LogP contribution in [0, 0.1) is 0 Å². The van der Waals surface area contributed by atoms with Crippen LogP contribution in [-0.4, -0.2) is 22.1 Å². The highest BCUT2D eigenvalue weighted by Crippen LogP contribution is 2.26. The molecule has 64 valence electrons. The van der Waals surface area contributed by atoms with E-state index in [0.29, 0.717) is 0 Å². The summed E-state index contributed by atoms with van der Waals surface area (Å²) in [6.07, 6.45) is 0. The average Bonchev–Trinajstić information content (AvgIpc) is 2.05. The smallest absolute Gasteiger partial charge is 0.144 e. The highest BCUT2D eigenvalue weighted by molar-refractivity contribution is 9.10. The zero-order valence-electron chi connectivity index (χ0n) is 7.35. The molecule has 0 atom stereocenters. The lowest BCUT2D eigenvalue weighted by Gasteiger charge is -2.08. The highest BCUT2D eigenvalue weighted by atomic mass is 79.9. The van der Waals surface area contributed by atoms with Crippen LogP contribution in [0.5, 0.6) is 11.5 Å². The Balaban J connectivity index is 3.18. The molecular weight excluding hydrogens is 219 g/mol. The van der Waals surface area contributed by atoms with Crippen LogP contribution in [0.1, 0.15) is 0 Å². The number of benzene rings is 1. The molecule has 0 saturated carbocycles. The lowest BCUT2D eigenvalue weighted by Crippen LogP contribution is -2.07. The summed E-state index contributed by atoms with van der Waals surface area (Å²) < 4.78 is 11.2. The predicted octanol–water partition coefficient (Wildman–Crippen LogP) is 0.725. The van der Waals surface area contributed by atoms with Gasteiger partial charge < -0.3 is 9.47 Å². The van der Waals surface area contributed by atoms with Gasteiger partial charge in [0.25, 0.3) is 0 Å². The van der Waals surface area contributed by atoms with E-state index in [1.165, 1.54) is 0 Å². The number of hydrogen-bond acceptors (Lipinski definition) is 2. The van der Waals surface area contributed by atoms with Crippen molar-refractivity contribution >= 4 is 29.2 Å². The van der Waals surface area contributed by atoms with Crippen molar-refractivity contribution in [2.24, 2.45) is 0 Å². The van der Waals surface area contributed by atoms with E-state index >= 15 is 0 Å². The fourth-order valence-electron chi connectivity index (χ4n) is 1.01. The second-order valence-electron chi connectivity index (χ2n) is 2.46. The molecule has 1 aromatic carbocycles. The minimum absolute atomic E-state index is 0.789. The third-order valence-electron chi connectivity index (χ3n) is 1.67. The molecule has 0 saturated heterocycles. The van der Waals surface area contributed by atoms with Gasteiger partial charge in [-0.1, -0.05) is 0 Å². The SMILES string of the molecule is Bc1cc(Br)c(OC)cc1OC. The molecule has 4 heteroatoms. The van der Waals surface area contributed by atoms with Gasteiger partial charge in [-0.3, -0.25) is 0 Å². The first-order chi connectivity index (χ1) is 5.69. The van der Waals surface area contributed by atoms with Crippen LogP contribution >= 0.6 is 15.9 Å². The van der Waals surface area contributed by atoms with E-state index in [1.807, 2.05) is 20.0 Å². The van der Waals surface area contributed by atoms with E-state index in [9.17, 15) is 0 Å². The Morgan fingerprint density at radius 3 is 2.25 bits per heavy atom. The Hall–Kier alpha value is -0.635. The van der Waals surface area contributed by atoms with E-state index in [2.05, 4.69) is 15.9 Å². The van der Waals surface area contributed by atoms with Crippen LogP contribution in [0.25, 0.3) is 0 Å². The van der Waals surface area contributed by atoms with Gasteiger partial charge >= 0.3 is 0 Å². The summed E-state index contributed by atoms with van der Waals surface area (Å²) in [6, 6.07) is 3.83. The molecule has 0 unspecified atom stereocenters. The van der Waals surface area contributed by atoms with E-state index in [4.69, 9.17) is 9.47 Å². The Labute approximate surface area is 81.4 Å². The Kier molecular flexibility index (Phi) is 3.03. The molecule has 0 fully saturated rings. The summed E-state index contributed by atoms with van der Waals surface area (Å²) in [7, 11) is 5.27. The fraction of sp³-hybridized carbons (Fsp3) is 0.250. The molecule has 12 heavy (non-hydrogen) atoms. The van der Waals surface area contributed by atoms with Crippen LogP contribution in [0.4, 0.5) is 0 Å². The van der Waals surface area contributed by atoms with E-state index in [0.717, 1.165) is 21.4 Å². The van der Waals surface area contributed by atoms with Gasteiger partial charge in [0, 0.05) is 6.07 Å². The van der Waals surface area contributed by atoms with Gasteiger partial charge in [0.1, 0.15) is 19.3 Å². The normalized spacial score (nSPS) is 9.58. The Bertz CT molecular complexity index is 263. The van der Waals surface area contributed by atoms with Crippen molar-refractivity contribution in [3.8, 4) is 11.5 Å². The van der Waals surface area contributed by atoms with Gasteiger partial charge in [-0.2, -0.15) is 0 Å². The molecule has 1 aromatic rings. The minimum Gasteiger partial charge on any atom is -0.497 e. The molecule has 2 nitrogen and oxygen atoms in total. The molecule has 0 aliphatic carbocycles. The summed E-state index contributed by atoms with van der Waals surface area (Å²) in [6.45, 7) is 0. The van der Waals surface area contributed by atoms with Crippen LogP contribution in [0.3, 0.4) is 0 Å². The second kappa shape index (κ2) is 3.85. The molecule has 1 rings (SSSR count). The third-order valence-corrected chi connectivity index (χ3v) is 2.29. The zero-order valence-corrected chi connectivity index (χ0v) is 8.94. The monoisotopic (exact) mass is 228 g/mol. The molecule has 0 aromatic heterocycles. The maximum Gasteiger partial charge on any atom is 0.144 e. The van der Waals surface area contributed by atoms with Crippen molar-refractivity contribution in [2.75, 3.05) is 14.2 Å². The minimum atomic E-state index is 0.789. The summed E-state index contributed by atoms with van der Waals surface area (Å²) in [5.74, 6) is 1.63. The molecule has 0 amide bonds. The van der Waals surface area contributed by atoms with E-state index < -0.39 is 0 Å². The highest BCUT2D eigenvalue weighted by Gasteiger charge is 2.04. The van der Waals surface area contributed by atoms with Crippen LogP contribution in [0.15, 0.2) is 16.6 Å². The second-order valence-corrected chi connectivity index (χ2v) is 3.31. The first-order valence-corrected chi connectivity index (χ1v) is 4.36. The van der Waals surface area contributed by atoms with Crippen molar-refractivity contribution in [3.05, 3.63) is 16.6 Å². The zero-order chi connectivity index (χ0) is 9.14. The summed E-state index contributed by atoms with van der Waals surface area (Å²) in [5.41, 5.74) is 1.09. The Morgan fingerprint density at radius 1 is 1.17 bits per heavy atom.